The van der Waals surface area contributed by atoms with E-state index in [0.29, 0.717) is 33.4 Å². The average molecular weight is 666 g/mol. The van der Waals surface area contributed by atoms with E-state index in [1.54, 1.807) is 36.6 Å². The fraction of sp³-hybridized carbons (Fsp3) is 0.176. The van der Waals surface area contributed by atoms with Gasteiger partial charge in [0, 0.05) is 35.9 Å². The van der Waals surface area contributed by atoms with Crippen LogP contribution in [0.5, 0.6) is 5.75 Å². The smallest absolute Gasteiger partial charge is 0.288 e. The highest BCUT2D eigenvalue weighted by Gasteiger charge is 2.33. The summed E-state index contributed by atoms with van der Waals surface area (Å²) in [5.74, 6) is -4.43. The van der Waals surface area contributed by atoms with Gasteiger partial charge in [0.15, 0.2) is 11.4 Å². The fourth-order valence-electron chi connectivity index (χ4n) is 5.31. The molecule has 0 aliphatic heterocycles. The predicted octanol–water partition coefficient (Wildman–Crippen LogP) is 7.93. The minimum absolute atomic E-state index is 0.0267. The lowest BCUT2D eigenvalue weighted by Gasteiger charge is -2.28. The van der Waals surface area contributed by atoms with Gasteiger partial charge in [-0.25, -0.2) is 22.5 Å². The number of hydrogen-bond acceptors (Lipinski definition) is 8. The van der Waals surface area contributed by atoms with E-state index in [4.69, 9.17) is 13.6 Å². The summed E-state index contributed by atoms with van der Waals surface area (Å²) in [4.78, 5) is 17.6. The Kier molecular flexibility index (Phi) is 8.60. The number of fused-ring (bicyclic) bond motifs is 2. The number of nitrogens with zero attached hydrogens (tertiary/aromatic N) is 2. The highest BCUT2D eigenvalue weighted by atomic mass is 32.2. The maximum Gasteiger partial charge on any atom is 0.288 e. The summed E-state index contributed by atoms with van der Waals surface area (Å²) in [7, 11) is 2.90. The quantitative estimate of drug-likeness (QED) is 0.112. The first-order chi connectivity index (χ1) is 22.6. The second-order valence-corrected chi connectivity index (χ2v) is 11.3. The Balaban J connectivity index is 1.63. The Hall–Kier alpha value is -5.01. The Morgan fingerprint density at radius 1 is 1.00 bits per heavy atom. The van der Waals surface area contributed by atoms with Crippen molar-refractivity contribution in [1.29, 1.82) is 0 Å². The number of aliphatic hydroxyl groups excluding tert-OH is 1. The van der Waals surface area contributed by atoms with Crippen LogP contribution in [-0.4, -0.2) is 55.5 Å². The Morgan fingerprint density at radius 3 is 2.40 bits per heavy atom. The minimum Gasteiger partial charge on any atom is -0.496 e. The third kappa shape index (κ3) is 5.99. The van der Waals surface area contributed by atoms with Crippen molar-refractivity contribution in [2.24, 2.45) is 0 Å². The zero-order valence-electron chi connectivity index (χ0n) is 25.2. The van der Waals surface area contributed by atoms with Gasteiger partial charge in [0.1, 0.15) is 35.0 Å². The minimum atomic E-state index is -3.46. The summed E-state index contributed by atoms with van der Waals surface area (Å²) >= 11 is 0.998. The van der Waals surface area contributed by atoms with Crippen LogP contribution in [0.1, 0.15) is 10.4 Å². The first kappa shape index (κ1) is 32.0. The number of oxazole rings is 1. The molecule has 242 valence electrons. The maximum absolute atomic E-state index is 14.6. The molecule has 0 aliphatic carbocycles. The van der Waals surface area contributed by atoms with Crippen molar-refractivity contribution < 1.29 is 41.0 Å². The molecule has 0 aliphatic rings. The third-order valence-electron chi connectivity index (χ3n) is 7.57. The summed E-state index contributed by atoms with van der Waals surface area (Å²) in [5.41, 5.74) is 2.55. The van der Waals surface area contributed by atoms with Crippen LogP contribution < -0.4 is 14.4 Å². The molecule has 0 saturated carbocycles. The molecule has 0 unspecified atom stereocenters. The lowest BCUT2D eigenvalue weighted by Crippen LogP contribution is -2.36. The molecule has 8 nitrogen and oxygen atoms in total. The SMILES string of the molecule is CNC(=O)c1c(-c2ccc(F)cc2)oc2cc(N(CC(F)(F)CO)SC)c(-c3ccc(OC)c(-c4nc5c(F)cccc5o4)c3)cc12. The van der Waals surface area contributed by atoms with E-state index < -0.39 is 36.6 Å². The van der Waals surface area contributed by atoms with Gasteiger partial charge in [-0.1, -0.05) is 24.1 Å². The molecule has 0 atom stereocenters. The maximum atomic E-state index is 14.6. The van der Waals surface area contributed by atoms with E-state index in [9.17, 15) is 27.5 Å². The number of alkyl halides is 2. The average Bonchev–Trinajstić information content (AvgIpc) is 3.69. The van der Waals surface area contributed by atoms with Gasteiger partial charge < -0.3 is 28.3 Å². The van der Waals surface area contributed by atoms with Gasteiger partial charge in [-0.05, 0) is 60.2 Å². The summed E-state index contributed by atoms with van der Waals surface area (Å²) in [6, 6.07) is 17.9. The normalized spacial score (nSPS) is 11.7. The molecule has 47 heavy (non-hydrogen) atoms. The lowest BCUT2D eigenvalue weighted by molar-refractivity contribution is -0.0395. The van der Waals surface area contributed by atoms with Gasteiger partial charge in [0.2, 0.25) is 5.89 Å². The Labute approximate surface area is 270 Å². The van der Waals surface area contributed by atoms with Crippen molar-refractivity contribution >= 4 is 45.6 Å². The predicted molar refractivity (Wildman–Crippen MR) is 173 cm³/mol. The van der Waals surface area contributed by atoms with E-state index >= 15 is 0 Å². The third-order valence-corrected chi connectivity index (χ3v) is 8.34. The second kappa shape index (κ2) is 12.6. The van der Waals surface area contributed by atoms with Crippen molar-refractivity contribution in [3.8, 4) is 39.7 Å². The van der Waals surface area contributed by atoms with Crippen LogP contribution in [0.4, 0.5) is 23.2 Å². The number of benzene rings is 4. The molecular formula is C34H27F4N3O5S. The molecule has 13 heteroatoms. The summed E-state index contributed by atoms with van der Waals surface area (Å²) < 4.78 is 76.5. The number of aromatic nitrogens is 1. The standard InChI is InChI=1S/C34H27F4N3O5S/c1-39-32(43)29-22-14-21(19-9-12-26(44-2)23(13-19)33-40-30-24(36)5-4-6-27(30)46-33)25(41(47-3)16-34(37,38)17-42)15-28(22)45-31(29)18-7-10-20(35)11-8-18/h4-15,42H,16-17H2,1-3H3,(H,39,43). The number of anilines is 1. The lowest BCUT2D eigenvalue weighted by atomic mass is 9.96. The van der Waals surface area contributed by atoms with Crippen molar-refractivity contribution in [2.45, 2.75) is 5.92 Å². The molecule has 2 N–H and O–H groups in total. The van der Waals surface area contributed by atoms with Crippen molar-refractivity contribution in [1.82, 2.24) is 10.3 Å². The number of ether oxygens (including phenoxy) is 1. The number of carbonyl (C=O) groups excluding carboxylic acids is 1. The summed E-state index contributed by atoms with van der Waals surface area (Å²) in [5, 5.41) is 12.4. The molecular weight excluding hydrogens is 638 g/mol. The van der Waals surface area contributed by atoms with Crippen LogP contribution in [0.25, 0.3) is 56.0 Å². The fourth-order valence-corrected chi connectivity index (χ4v) is 5.97. The number of hydrogen-bond donors (Lipinski definition) is 2. The van der Waals surface area contributed by atoms with Crippen LogP contribution >= 0.6 is 11.9 Å². The molecule has 6 aromatic rings. The second-order valence-electron chi connectivity index (χ2n) is 10.5. The van der Waals surface area contributed by atoms with Gasteiger partial charge in [-0.2, -0.15) is 0 Å². The van der Waals surface area contributed by atoms with Gasteiger partial charge in [-0.15, -0.1) is 0 Å². The largest absolute Gasteiger partial charge is 0.496 e. The van der Waals surface area contributed by atoms with Crippen LogP contribution in [0.2, 0.25) is 0 Å². The van der Waals surface area contributed by atoms with Crippen LogP contribution in [0.3, 0.4) is 0 Å². The van der Waals surface area contributed by atoms with Crippen LogP contribution in [0.15, 0.2) is 81.6 Å². The molecule has 0 saturated heterocycles. The highest BCUT2D eigenvalue weighted by Crippen LogP contribution is 2.45. The van der Waals surface area contributed by atoms with Gasteiger partial charge in [0.25, 0.3) is 11.8 Å². The molecule has 1 amide bonds. The van der Waals surface area contributed by atoms with E-state index in [0.717, 1.165) is 11.9 Å². The van der Waals surface area contributed by atoms with Gasteiger partial charge >= 0.3 is 0 Å². The molecule has 4 aromatic carbocycles. The number of halogens is 4. The van der Waals surface area contributed by atoms with Gasteiger partial charge in [-0.3, -0.25) is 4.79 Å². The number of rotatable bonds is 10. The van der Waals surface area contributed by atoms with Crippen LogP contribution in [0, 0.1) is 11.6 Å². The molecule has 0 fully saturated rings. The van der Waals surface area contributed by atoms with E-state index in [-0.39, 0.29) is 39.6 Å². The Morgan fingerprint density at radius 2 is 1.74 bits per heavy atom. The van der Waals surface area contributed by atoms with Gasteiger partial charge in [0.05, 0.1) is 30.5 Å². The number of nitrogens with one attached hydrogen (secondary N) is 1. The van der Waals surface area contributed by atoms with E-state index in [1.165, 1.54) is 60.9 Å². The van der Waals surface area contributed by atoms with Crippen LogP contribution in [-0.2, 0) is 0 Å². The van der Waals surface area contributed by atoms with Crippen molar-refractivity contribution in [2.75, 3.05) is 37.9 Å². The molecule has 6 rings (SSSR count). The molecule has 2 aromatic heterocycles. The first-order valence-electron chi connectivity index (χ1n) is 14.2. The number of amides is 1. The molecule has 0 radical (unpaired) electrons. The van der Waals surface area contributed by atoms with E-state index in [2.05, 4.69) is 10.3 Å². The number of para-hydroxylation sites is 1. The molecule has 0 spiro atoms. The number of aliphatic hydroxyl groups is 1. The first-order valence-corrected chi connectivity index (χ1v) is 15.4. The summed E-state index contributed by atoms with van der Waals surface area (Å²) in [6.45, 7) is -2.23. The number of carbonyl (C=O) groups is 1. The summed E-state index contributed by atoms with van der Waals surface area (Å²) in [6.07, 6.45) is 1.61. The highest BCUT2D eigenvalue weighted by molar-refractivity contribution is 8.00. The molecule has 0 bridgehead atoms. The van der Waals surface area contributed by atoms with Crippen molar-refractivity contribution in [3.05, 3.63) is 90.0 Å². The monoisotopic (exact) mass is 665 g/mol. The topological polar surface area (TPSA) is 101 Å². The zero-order chi connectivity index (χ0) is 33.5. The molecule has 2 heterocycles. The van der Waals surface area contributed by atoms with Crippen molar-refractivity contribution in [3.63, 3.8) is 0 Å². The zero-order valence-corrected chi connectivity index (χ0v) is 26.1. The van der Waals surface area contributed by atoms with E-state index in [1.807, 2.05) is 0 Å². The number of furan rings is 1. The Bertz CT molecular complexity index is 2110. The number of methoxy groups -OCH3 is 1.